The van der Waals surface area contributed by atoms with Crippen LogP contribution in [-0.4, -0.2) is 24.0 Å². The number of methoxy groups -OCH3 is 1. The predicted octanol–water partition coefficient (Wildman–Crippen LogP) is 3.84. The Morgan fingerprint density at radius 2 is 1.77 bits per heavy atom. The number of anilines is 1. The number of carbonyl (C=O) groups excluding carboxylic acids is 2. The molecule has 2 aromatic carbocycles. The molecule has 1 unspecified atom stereocenters. The van der Waals surface area contributed by atoms with Crippen LogP contribution < -0.4 is 5.32 Å². The lowest BCUT2D eigenvalue weighted by atomic mass is 9.95. The van der Waals surface area contributed by atoms with Gasteiger partial charge in [-0.25, -0.2) is 9.18 Å². The number of nitrogens with zero attached hydrogens (tertiary/aromatic N) is 1. The second kappa shape index (κ2) is 6.92. The van der Waals surface area contributed by atoms with Crippen LogP contribution in [0.1, 0.15) is 22.8 Å². The molecule has 0 saturated carbocycles. The molecule has 1 aromatic heterocycles. The second-order valence-corrected chi connectivity index (χ2v) is 5.91. The summed E-state index contributed by atoms with van der Waals surface area (Å²) in [4.78, 5) is 28.3. The molecule has 6 heteroatoms. The van der Waals surface area contributed by atoms with Gasteiger partial charge in [-0.15, -0.1) is 0 Å². The third-order valence-corrected chi connectivity index (χ3v) is 4.16. The predicted molar refractivity (Wildman–Crippen MR) is 96.6 cm³/mol. The van der Waals surface area contributed by atoms with Crippen LogP contribution in [0.25, 0.3) is 10.9 Å². The van der Waals surface area contributed by atoms with Gasteiger partial charge in [0.05, 0.1) is 23.9 Å². The van der Waals surface area contributed by atoms with Crippen LogP contribution in [0.4, 0.5) is 10.1 Å². The number of halogens is 1. The molecule has 26 heavy (non-hydrogen) atoms. The number of hydrogen-bond donors (Lipinski definition) is 1. The maximum Gasteiger partial charge on any atom is 0.337 e. The third kappa shape index (κ3) is 3.26. The van der Waals surface area contributed by atoms with E-state index in [0.29, 0.717) is 11.2 Å². The van der Waals surface area contributed by atoms with Crippen LogP contribution >= 0.6 is 0 Å². The van der Waals surface area contributed by atoms with E-state index in [1.807, 2.05) is 12.1 Å². The Bertz CT molecular complexity index is 963. The lowest BCUT2D eigenvalue weighted by molar-refractivity contribution is -0.126. The number of rotatable bonds is 4. The van der Waals surface area contributed by atoms with Crippen molar-refractivity contribution in [1.29, 1.82) is 0 Å². The minimum atomic E-state index is -2.29. The topological polar surface area (TPSA) is 68.3 Å². The number of nitrogens with one attached hydrogen (secondary N) is 1. The summed E-state index contributed by atoms with van der Waals surface area (Å²) < 4.78 is 19.8. The Labute approximate surface area is 149 Å². The number of carbonyl (C=O) groups is 2. The maximum atomic E-state index is 15.2. The molecule has 1 heterocycles. The molecule has 0 bridgehead atoms. The first kappa shape index (κ1) is 17.5. The van der Waals surface area contributed by atoms with Gasteiger partial charge in [0.25, 0.3) is 5.91 Å². The number of pyridine rings is 1. The second-order valence-electron chi connectivity index (χ2n) is 5.91. The van der Waals surface area contributed by atoms with Gasteiger partial charge in [-0.2, -0.15) is 0 Å². The van der Waals surface area contributed by atoms with Crippen LogP contribution in [0, 0.1) is 0 Å². The van der Waals surface area contributed by atoms with Gasteiger partial charge in [0, 0.05) is 11.6 Å². The zero-order chi connectivity index (χ0) is 18.7. The number of benzene rings is 2. The monoisotopic (exact) mass is 352 g/mol. The largest absolute Gasteiger partial charge is 0.465 e. The summed E-state index contributed by atoms with van der Waals surface area (Å²) in [6.45, 7) is 1.17. The fourth-order valence-corrected chi connectivity index (χ4v) is 2.61. The van der Waals surface area contributed by atoms with Crippen molar-refractivity contribution >= 4 is 28.5 Å². The van der Waals surface area contributed by atoms with Crippen LogP contribution in [-0.2, 0) is 15.2 Å². The maximum absolute atomic E-state index is 15.2. The average molecular weight is 352 g/mol. The number of hydrogen-bond acceptors (Lipinski definition) is 4. The number of esters is 1. The standard InChI is InChI=1S/C20H17FN2O3/c1-20(21,15-10-8-14(9-11-15)18(24)26-2)19(25)23-16-7-3-5-13-6-4-12-22-17(13)16/h3-12H,1-2H3,(H,23,25). The normalized spacial score (nSPS) is 13.0. The average Bonchev–Trinajstić information content (AvgIpc) is 2.67. The molecule has 1 N–H and O–H groups in total. The van der Waals surface area contributed by atoms with E-state index in [2.05, 4.69) is 15.0 Å². The van der Waals surface area contributed by atoms with Gasteiger partial charge in [0.2, 0.25) is 5.67 Å². The summed E-state index contributed by atoms with van der Waals surface area (Å²) in [5.74, 6) is -1.34. The molecular weight excluding hydrogens is 335 g/mol. The summed E-state index contributed by atoms with van der Waals surface area (Å²) in [5, 5.41) is 3.45. The number of alkyl halides is 1. The van der Waals surface area contributed by atoms with Crippen molar-refractivity contribution in [3.63, 3.8) is 0 Å². The van der Waals surface area contributed by atoms with Crippen LogP contribution in [0.2, 0.25) is 0 Å². The van der Waals surface area contributed by atoms with Gasteiger partial charge in [-0.05, 0) is 36.8 Å². The Morgan fingerprint density at radius 3 is 2.46 bits per heavy atom. The fraction of sp³-hybridized carbons (Fsp3) is 0.150. The van der Waals surface area contributed by atoms with E-state index < -0.39 is 17.5 Å². The van der Waals surface area contributed by atoms with E-state index in [4.69, 9.17) is 0 Å². The van der Waals surface area contributed by atoms with Crippen molar-refractivity contribution in [1.82, 2.24) is 4.98 Å². The summed E-state index contributed by atoms with van der Waals surface area (Å²) in [6.07, 6.45) is 1.61. The molecule has 0 aliphatic heterocycles. The van der Waals surface area contributed by atoms with Gasteiger partial charge >= 0.3 is 5.97 Å². The van der Waals surface area contributed by atoms with Crippen molar-refractivity contribution in [3.05, 3.63) is 71.9 Å². The Kier molecular flexibility index (Phi) is 4.67. The number of aromatic nitrogens is 1. The van der Waals surface area contributed by atoms with Crippen molar-refractivity contribution in [2.24, 2.45) is 0 Å². The molecule has 1 amide bonds. The first-order valence-corrected chi connectivity index (χ1v) is 7.96. The number of fused-ring (bicyclic) bond motifs is 1. The van der Waals surface area contributed by atoms with E-state index in [-0.39, 0.29) is 11.1 Å². The molecule has 0 spiro atoms. The molecule has 1 atom stereocenters. The smallest absolute Gasteiger partial charge is 0.337 e. The molecule has 0 aliphatic carbocycles. The molecule has 3 rings (SSSR count). The van der Waals surface area contributed by atoms with E-state index in [0.717, 1.165) is 5.39 Å². The van der Waals surface area contributed by atoms with E-state index in [1.165, 1.54) is 38.3 Å². The van der Waals surface area contributed by atoms with Crippen molar-refractivity contribution in [2.75, 3.05) is 12.4 Å². The molecular formula is C20H17FN2O3. The highest BCUT2D eigenvalue weighted by atomic mass is 19.1. The minimum Gasteiger partial charge on any atom is -0.465 e. The molecule has 0 aliphatic rings. The number of amides is 1. The van der Waals surface area contributed by atoms with Crippen LogP contribution in [0.3, 0.4) is 0 Å². The molecule has 132 valence electrons. The van der Waals surface area contributed by atoms with E-state index in [9.17, 15) is 9.59 Å². The van der Waals surface area contributed by atoms with Gasteiger partial charge < -0.3 is 10.1 Å². The first-order chi connectivity index (χ1) is 12.4. The summed E-state index contributed by atoms with van der Waals surface area (Å²) >= 11 is 0. The summed E-state index contributed by atoms with van der Waals surface area (Å²) in [7, 11) is 1.27. The SMILES string of the molecule is COC(=O)c1ccc(C(C)(F)C(=O)Nc2cccc3cccnc23)cc1. The highest BCUT2D eigenvalue weighted by Crippen LogP contribution is 2.29. The Morgan fingerprint density at radius 1 is 1.08 bits per heavy atom. The fourth-order valence-electron chi connectivity index (χ4n) is 2.61. The van der Waals surface area contributed by atoms with Crippen molar-refractivity contribution < 1.29 is 18.7 Å². The van der Waals surface area contributed by atoms with Gasteiger partial charge in [-0.1, -0.05) is 30.3 Å². The molecule has 0 radical (unpaired) electrons. The zero-order valence-corrected chi connectivity index (χ0v) is 14.3. The first-order valence-electron chi connectivity index (χ1n) is 7.96. The number of ether oxygens (including phenoxy) is 1. The lowest BCUT2D eigenvalue weighted by Gasteiger charge is -2.21. The van der Waals surface area contributed by atoms with Gasteiger partial charge in [0.1, 0.15) is 0 Å². The highest BCUT2D eigenvalue weighted by molar-refractivity contribution is 6.03. The van der Waals surface area contributed by atoms with Crippen LogP contribution in [0.15, 0.2) is 60.8 Å². The quantitative estimate of drug-likeness (QED) is 0.724. The highest BCUT2D eigenvalue weighted by Gasteiger charge is 2.35. The lowest BCUT2D eigenvalue weighted by Crippen LogP contribution is -2.33. The molecule has 5 nitrogen and oxygen atoms in total. The van der Waals surface area contributed by atoms with Crippen molar-refractivity contribution in [2.45, 2.75) is 12.6 Å². The molecule has 0 fully saturated rings. The van der Waals surface area contributed by atoms with Crippen LogP contribution in [0.5, 0.6) is 0 Å². The number of para-hydroxylation sites is 1. The van der Waals surface area contributed by atoms with E-state index in [1.54, 1.807) is 24.4 Å². The Balaban J connectivity index is 1.87. The molecule has 0 saturated heterocycles. The zero-order valence-electron chi connectivity index (χ0n) is 14.3. The minimum absolute atomic E-state index is 0.135. The Hall–Kier alpha value is -3.28. The molecule has 3 aromatic rings. The summed E-state index contributed by atoms with van der Waals surface area (Å²) in [6, 6.07) is 14.6. The van der Waals surface area contributed by atoms with Gasteiger partial charge in [-0.3, -0.25) is 9.78 Å². The van der Waals surface area contributed by atoms with Gasteiger partial charge in [0.15, 0.2) is 0 Å². The van der Waals surface area contributed by atoms with E-state index >= 15 is 4.39 Å². The summed E-state index contributed by atoms with van der Waals surface area (Å²) in [5.41, 5.74) is -0.851. The van der Waals surface area contributed by atoms with Crippen molar-refractivity contribution in [3.8, 4) is 0 Å². The third-order valence-electron chi connectivity index (χ3n) is 4.16.